The summed E-state index contributed by atoms with van der Waals surface area (Å²) in [6.45, 7) is 5.64. The number of likely N-dealkylation sites (N-methyl/N-ethyl adjacent to an activating group) is 1. The van der Waals surface area contributed by atoms with E-state index in [1.807, 2.05) is 32.0 Å². The minimum atomic E-state index is -0.515. The smallest absolute Gasteiger partial charge is 0.315 e. The zero-order chi connectivity index (χ0) is 19.1. The summed E-state index contributed by atoms with van der Waals surface area (Å²) in [6.07, 6.45) is 1.27. The summed E-state index contributed by atoms with van der Waals surface area (Å²) in [6, 6.07) is 4.94. The molecule has 7 heteroatoms. The van der Waals surface area contributed by atoms with Crippen LogP contribution in [0, 0.1) is 5.92 Å². The molecule has 2 N–H and O–H groups in total. The molecule has 0 saturated carbocycles. The number of urea groups is 1. The molecular formula is C19H29N3O4. The molecule has 144 valence electrons. The number of amides is 3. The van der Waals surface area contributed by atoms with Crippen molar-refractivity contribution in [3.63, 3.8) is 0 Å². The van der Waals surface area contributed by atoms with Crippen molar-refractivity contribution in [3.8, 4) is 11.5 Å². The predicted molar refractivity (Wildman–Crippen MR) is 99.6 cm³/mol. The molecule has 0 unspecified atom stereocenters. The van der Waals surface area contributed by atoms with Crippen LogP contribution in [0.25, 0.3) is 0 Å². The lowest BCUT2D eigenvalue weighted by atomic mass is 10.0. The van der Waals surface area contributed by atoms with Crippen LogP contribution in [0.15, 0.2) is 18.2 Å². The third-order valence-electron chi connectivity index (χ3n) is 4.06. The number of hydrogen-bond donors (Lipinski definition) is 2. The molecule has 0 aliphatic carbocycles. The lowest BCUT2D eigenvalue weighted by Gasteiger charge is -2.23. The molecule has 1 aromatic carbocycles. The normalized spacial score (nSPS) is 13.9. The monoisotopic (exact) mass is 363 g/mol. The second-order valence-corrected chi connectivity index (χ2v) is 7.04. The summed E-state index contributed by atoms with van der Waals surface area (Å²) in [5.74, 6) is 1.71. The van der Waals surface area contributed by atoms with Crippen molar-refractivity contribution < 1.29 is 19.1 Å². The lowest BCUT2D eigenvalue weighted by molar-refractivity contribution is -0.131. The van der Waals surface area contributed by atoms with E-state index in [0.29, 0.717) is 38.5 Å². The van der Waals surface area contributed by atoms with Gasteiger partial charge >= 0.3 is 6.03 Å². The van der Waals surface area contributed by atoms with E-state index in [1.165, 1.54) is 4.90 Å². The van der Waals surface area contributed by atoms with Crippen molar-refractivity contribution in [2.24, 2.45) is 5.92 Å². The number of carbonyl (C=O) groups is 2. The number of rotatable bonds is 7. The summed E-state index contributed by atoms with van der Waals surface area (Å²) >= 11 is 0. The molecule has 0 saturated heterocycles. The van der Waals surface area contributed by atoms with Gasteiger partial charge in [0.05, 0.1) is 0 Å². The van der Waals surface area contributed by atoms with Gasteiger partial charge in [-0.05, 0) is 36.5 Å². The molecule has 1 aromatic rings. The molecule has 26 heavy (non-hydrogen) atoms. The highest BCUT2D eigenvalue weighted by Gasteiger charge is 2.23. The van der Waals surface area contributed by atoms with E-state index in [9.17, 15) is 9.59 Å². The van der Waals surface area contributed by atoms with Crippen LogP contribution in [-0.2, 0) is 11.2 Å². The Bertz CT molecular complexity index is 631. The average molecular weight is 363 g/mol. The molecule has 0 fully saturated rings. The topological polar surface area (TPSA) is 79.9 Å². The minimum Gasteiger partial charge on any atom is -0.486 e. The van der Waals surface area contributed by atoms with Gasteiger partial charge in [0.15, 0.2) is 11.5 Å². The zero-order valence-electron chi connectivity index (χ0n) is 16.0. The van der Waals surface area contributed by atoms with E-state index in [1.54, 1.807) is 14.1 Å². The molecule has 2 rings (SSSR count). The summed E-state index contributed by atoms with van der Waals surface area (Å²) in [5, 5.41) is 5.60. The van der Waals surface area contributed by atoms with Crippen LogP contribution in [0.4, 0.5) is 4.79 Å². The first-order valence-corrected chi connectivity index (χ1v) is 9.01. The molecule has 1 aliphatic heterocycles. The summed E-state index contributed by atoms with van der Waals surface area (Å²) in [7, 11) is 3.38. The van der Waals surface area contributed by atoms with Crippen molar-refractivity contribution in [3.05, 3.63) is 23.8 Å². The number of carbonyl (C=O) groups excluding carboxylic acids is 2. The molecule has 1 aliphatic rings. The Morgan fingerprint density at radius 2 is 1.85 bits per heavy atom. The van der Waals surface area contributed by atoms with E-state index in [0.717, 1.165) is 17.1 Å². The Morgan fingerprint density at radius 3 is 2.50 bits per heavy atom. The van der Waals surface area contributed by atoms with Crippen LogP contribution < -0.4 is 20.1 Å². The SMILES string of the molecule is CC(C)C[C@@H](NC(=O)NCCc1ccc2c(c1)OCCO2)C(=O)N(C)C. The van der Waals surface area contributed by atoms with Gasteiger partial charge in [0.25, 0.3) is 0 Å². The molecule has 1 atom stereocenters. The Kier molecular flexibility index (Phi) is 7.12. The molecule has 1 heterocycles. The number of hydrogen-bond acceptors (Lipinski definition) is 4. The number of nitrogens with one attached hydrogen (secondary N) is 2. The first-order valence-electron chi connectivity index (χ1n) is 9.01. The lowest BCUT2D eigenvalue weighted by Crippen LogP contribution is -2.50. The summed E-state index contributed by atoms with van der Waals surface area (Å²) < 4.78 is 11.1. The number of nitrogens with zero attached hydrogens (tertiary/aromatic N) is 1. The third-order valence-corrected chi connectivity index (χ3v) is 4.06. The van der Waals surface area contributed by atoms with Crippen LogP contribution in [0.5, 0.6) is 11.5 Å². The Morgan fingerprint density at radius 1 is 1.15 bits per heavy atom. The Balaban J connectivity index is 1.82. The molecule has 3 amide bonds. The first kappa shape index (κ1) is 19.9. The van der Waals surface area contributed by atoms with Crippen LogP contribution >= 0.6 is 0 Å². The van der Waals surface area contributed by atoms with Crippen molar-refractivity contribution in [2.75, 3.05) is 33.9 Å². The quantitative estimate of drug-likeness (QED) is 0.774. The maximum atomic E-state index is 12.2. The Hall–Kier alpha value is -2.44. The van der Waals surface area contributed by atoms with E-state index in [-0.39, 0.29) is 11.9 Å². The standard InChI is InChI=1S/C19H29N3O4/c1-13(2)11-15(18(23)22(3)4)21-19(24)20-8-7-14-5-6-16-17(12-14)26-10-9-25-16/h5-6,12-13,15H,7-11H2,1-4H3,(H2,20,21,24)/t15-/m1/s1. The molecular weight excluding hydrogens is 334 g/mol. The highest BCUT2D eigenvalue weighted by atomic mass is 16.6. The van der Waals surface area contributed by atoms with Crippen LogP contribution in [0.3, 0.4) is 0 Å². The largest absolute Gasteiger partial charge is 0.486 e. The van der Waals surface area contributed by atoms with Gasteiger partial charge in [0.2, 0.25) is 5.91 Å². The van der Waals surface area contributed by atoms with Gasteiger partial charge in [-0.3, -0.25) is 4.79 Å². The number of ether oxygens (including phenoxy) is 2. The van der Waals surface area contributed by atoms with Gasteiger partial charge in [-0.2, -0.15) is 0 Å². The molecule has 0 radical (unpaired) electrons. The fourth-order valence-electron chi connectivity index (χ4n) is 2.78. The van der Waals surface area contributed by atoms with E-state index in [2.05, 4.69) is 10.6 Å². The van der Waals surface area contributed by atoms with E-state index < -0.39 is 6.04 Å². The van der Waals surface area contributed by atoms with Crippen LogP contribution in [0.1, 0.15) is 25.8 Å². The number of fused-ring (bicyclic) bond motifs is 1. The summed E-state index contributed by atoms with van der Waals surface area (Å²) in [4.78, 5) is 25.9. The van der Waals surface area contributed by atoms with Gasteiger partial charge in [-0.25, -0.2) is 4.79 Å². The molecule has 0 aromatic heterocycles. The second-order valence-electron chi connectivity index (χ2n) is 7.04. The van der Waals surface area contributed by atoms with Gasteiger partial charge in [-0.15, -0.1) is 0 Å². The summed E-state index contributed by atoms with van der Waals surface area (Å²) in [5.41, 5.74) is 1.05. The second kappa shape index (κ2) is 9.31. The van der Waals surface area contributed by atoms with Crippen molar-refractivity contribution in [1.29, 1.82) is 0 Å². The first-order chi connectivity index (χ1) is 12.4. The minimum absolute atomic E-state index is 0.0966. The van der Waals surface area contributed by atoms with Gasteiger partial charge < -0.3 is 25.0 Å². The predicted octanol–water partition coefficient (Wildman–Crippen LogP) is 1.80. The zero-order valence-corrected chi connectivity index (χ0v) is 16.0. The van der Waals surface area contributed by atoms with Crippen molar-refractivity contribution in [2.45, 2.75) is 32.7 Å². The van der Waals surface area contributed by atoms with E-state index in [4.69, 9.17) is 9.47 Å². The van der Waals surface area contributed by atoms with Crippen LogP contribution in [-0.4, -0.2) is 56.7 Å². The van der Waals surface area contributed by atoms with Crippen LogP contribution in [0.2, 0.25) is 0 Å². The van der Waals surface area contributed by atoms with Gasteiger partial charge in [-0.1, -0.05) is 19.9 Å². The maximum Gasteiger partial charge on any atom is 0.315 e. The van der Waals surface area contributed by atoms with Gasteiger partial charge in [0, 0.05) is 20.6 Å². The fraction of sp³-hybridized carbons (Fsp3) is 0.579. The van der Waals surface area contributed by atoms with Crippen molar-refractivity contribution >= 4 is 11.9 Å². The molecule has 7 nitrogen and oxygen atoms in total. The third kappa shape index (κ3) is 5.82. The average Bonchev–Trinajstić information content (AvgIpc) is 2.60. The molecule has 0 spiro atoms. The van der Waals surface area contributed by atoms with Gasteiger partial charge in [0.1, 0.15) is 19.3 Å². The fourth-order valence-corrected chi connectivity index (χ4v) is 2.78. The number of benzene rings is 1. The highest BCUT2D eigenvalue weighted by molar-refractivity contribution is 5.86. The highest BCUT2D eigenvalue weighted by Crippen LogP contribution is 2.30. The molecule has 0 bridgehead atoms. The Labute approximate surface area is 155 Å². The van der Waals surface area contributed by atoms with E-state index >= 15 is 0 Å². The van der Waals surface area contributed by atoms with Crippen molar-refractivity contribution in [1.82, 2.24) is 15.5 Å². The maximum absolute atomic E-state index is 12.2.